The predicted octanol–water partition coefficient (Wildman–Crippen LogP) is 3.48. The molecule has 0 saturated carbocycles. The van der Waals surface area contributed by atoms with Crippen LogP contribution in [0.5, 0.6) is 0 Å². The van der Waals surface area contributed by atoms with E-state index in [4.69, 9.17) is 17.3 Å². The normalized spacial score (nSPS) is 11.6. The highest BCUT2D eigenvalue weighted by molar-refractivity contribution is 6.30. The fourth-order valence-corrected chi connectivity index (χ4v) is 1.18. The van der Waals surface area contributed by atoms with E-state index in [0.717, 1.165) is 5.56 Å². The van der Waals surface area contributed by atoms with Gasteiger partial charge in [-0.3, -0.25) is 0 Å². The number of benzene rings is 1. The molecule has 1 nitrogen and oxygen atoms in total. The van der Waals surface area contributed by atoms with Crippen molar-refractivity contribution in [1.82, 2.24) is 0 Å². The van der Waals surface area contributed by atoms with Crippen LogP contribution in [0.15, 0.2) is 30.9 Å². The van der Waals surface area contributed by atoms with Gasteiger partial charge in [-0.25, -0.2) is 4.39 Å². The summed E-state index contributed by atoms with van der Waals surface area (Å²) in [6.07, 6.45) is 2.33. The van der Waals surface area contributed by atoms with Crippen molar-refractivity contribution < 1.29 is 4.39 Å². The van der Waals surface area contributed by atoms with Crippen molar-refractivity contribution in [3.05, 3.63) is 47.3 Å². The molecule has 0 unspecified atom stereocenters. The van der Waals surface area contributed by atoms with E-state index in [-0.39, 0.29) is 23.5 Å². The number of rotatable bonds is 3. The van der Waals surface area contributed by atoms with Gasteiger partial charge in [0.05, 0.1) is 5.02 Å². The Bertz CT molecular complexity index is 315. The minimum absolute atomic E-state index is 0. The van der Waals surface area contributed by atoms with Crippen LogP contribution in [0.3, 0.4) is 0 Å². The molecule has 1 atom stereocenters. The van der Waals surface area contributed by atoms with E-state index in [0.29, 0.717) is 6.42 Å². The van der Waals surface area contributed by atoms with Crippen molar-refractivity contribution in [2.24, 2.45) is 5.73 Å². The van der Waals surface area contributed by atoms with Crippen LogP contribution < -0.4 is 5.73 Å². The molecule has 1 aromatic rings. The van der Waals surface area contributed by atoms with Crippen molar-refractivity contribution in [2.75, 3.05) is 0 Å². The van der Waals surface area contributed by atoms with E-state index in [1.165, 1.54) is 12.1 Å². The number of hydrogen-bond donors (Lipinski definition) is 1. The third kappa shape index (κ3) is 3.29. The smallest absolute Gasteiger partial charge is 0.142 e. The third-order valence-electron chi connectivity index (χ3n) is 1.79. The molecule has 0 aromatic heterocycles. The second-order valence-corrected chi connectivity index (χ2v) is 3.21. The van der Waals surface area contributed by atoms with E-state index in [1.807, 2.05) is 0 Å². The van der Waals surface area contributed by atoms with Crippen LogP contribution in [0, 0.1) is 5.82 Å². The molecule has 1 rings (SSSR count). The van der Waals surface area contributed by atoms with Crippen molar-refractivity contribution in [3.8, 4) is 0 Å². The van der Waals surface area contributed by atoms with Gasteiger partial charge in [0.2, 0.25) is 0 Å². The zero-order valence-electron chi connectivity index (χ0n) is 7.54. The van der Waals surface area contributed by atoms with Crippen LogP contribution in [-0.4, -0.2) is 0 Å². The highest BCUT2D eigenvalue weighted by atomic mass is 35.5. The van der Waals surface area contributed by atoms with Crippen LogP contribution in [-0.2, 0) is 0 Å². The zero-order chi connectivity index (χ0) is 9.84. The van der Waals surface area contributed by atoms with Crippen molar-refractivity contribution in [3.63, 3.8) is 0 Å². The predicted molar refractivity (Wildman–Crippen MR) is 60.4 cm³/mol. The fourth-order valence-electron chi connectivity index (χ4n) is 1.06. The van der Waals surface area contributed by atoms with Gasteiger partial charge >= 0.3 is 0 Å². The van der Waals surface area contributed by atoms with Gasteiger partial charge < -0.3 is 5.73 Å². The lowest BCUT2D eigenvalue weighted by atomic mass is 10.1. The van der Waals surface area contributed by atoms with Gasteiger partial charge in [-0.2, -0.15) is 0 Å². The highest BCUT2D eigenvalue weighted by Crippen LogP contribution is 2.20. The topological polar surface area (TPSA) is 26.0 Å². The van der Waals surface area contributed by atoms with Crippen molar-refractivity contribution in [2.45, 2.75) is 12.5 Å². The van der Waals surface area contributed by atoms with Gasteiger partial charge in [0.15, 0.2) is 0 Å². The molecular formula is C10H12Cl2FN. The molecule has 0 aliphatic rings. The largest absolute Gasteiger partial charge is 0.324 e. The Labute approximate surface area is 94.2 Å². The van der Waals surface area contributed by atoms with Crippen molar-refractivity contribution >= 4 is 24.0 Å². The van der Waals surface area contributed by atoms with Crippen LogP contribution in [0.2, 0.25) is 5.02 Å². The lowest BCUT2D eigenvalue weighted by Gasteiger charge is -2.09. The molecule has 4 heteroatoms. The Morgan fingerprint density at radius 1 is 1.57 bits per heavy atom. The number of halogens is 3. The molecule has 14 heavy (non-hydrogen) atoms. The SMILES string of the molecule is C=CC[C@H](N)c1ccc(Cl)c(F)c1.Cl. The molecule has 0 aliphatic heterocycles. The molecule has 0 fully saturated rings. The van der Waals surface area contributed by atoms with Crippen molar-refractivity contribution in [1.29, 1.82) is 0 Å². The fraction of sp³-hybridized carbons (Fsp3) is 0.200. The van der Waals surface area contributed by atoms with Crippen LogP contribution in [0.1, 0.15) is 18.0 Å². The third-order valence-corrected chi connectivity index (χ3v) is 2.10. The molecule has 0 heterocycles. The maximum atomic E-state index is 13.0. The van der Waals surface area contributed by atoms with Gasteiger partial charge in [-0.05, 0) is 24.1 Å². The molecule has 78 valence electrons. The molecule has 2 N–H and O–H groups in total. The quantitative estimate of drug-likeness (QED) is 0.799. The summed E-state index contributed by atoms with van der Waals surface area (Å²) in [6, 6.07) is 4.38. The van der Waals surface area contributed by atoms with Gasteiger partial charge in [0.25, 0.3) is 0 Å². The summed E-state index contributed by atoms with van der Waals surface area (Å²) in [5, 5.41) is 0.120. The number of hydrogen-bond acceptors (Lipinski definition) is 1. The Hall–Kier alpha value is -0.570. The summed E-state index contributed by atoms with van der Waals surface area (Å²) in [7, 11) is 0. The van der Waals surface area contributed by atoms with E-state index >= 15 is 0 Å². The zero-order valence-corrected chi connectivity index (χ0v) is 9.11. The summed E-state index contributed by atoms with van der Waals surface area (Å²) in [6.45, 7) is 3.57. The van der Waals surface area contributed by atoms with E-state index in [1.54, 1.807) is 12.1 Å². The second kappa shape index (κ2) is 6.02. The van der Waals surface area contributed by atoms with Crippen LogP contribution in [0.4, 0.5) is 4.39 Å². The Morgan fingerprint density at radius 2 is 2.21 bits per heavy atom. The lowest BCUT2D eigenvalue weighted by Crippen LogP contribution is -2.09. The lowest BCUT2D eigenvalue weighted by molar-refractivity contribution is 0.620. The van der Waals surface area contributed by atoms with Gasteiger partial charge in [-0.1, -0.05) is 23.7 Å². The summed E-state index contributed by atoms with van der Waals surface area (Å²) in [4.78, 5) is 0. The molecule has 0 amide bonds. The Kier molecular flexibility index (Phi) is 5.77. The molecule has 0 saturated heterocycles. The summed E-state index contributed by atoms with van der Waals surface area (Å²) >= 11 is 5.53. The minimum atomic E-state index is -0.432. The van der Waals surface area contributed by atoms with Crippen LogP contribution in [0.25, 0.3) is 0 Å². The number of nitrogens with two attached hydrogens (primary N) is 1. The molecule has 0 bridgehead atoms. The summed E-state index contributed by atoms with van der Waals surface area (Å²) < 4.78 is 13.0. The molecule has 0 aliphatic carbocycles. The first kappa shape index (κ1) is 13.4. The van der Waals surface area contributed by atoms with Gasteiger partial charge in [0.1, 0.15) is 5.82 Å². The summed E-state index contributed by atoms with van der Waals surface area (Å²) in [5.74, 6) is -0.432. The maximum absolute atomic E-state index is 13.0. The standard InChI is InChI=1S/C10H11ClFN.ClH/c1-2-3-10(13)7-4-5-8(11)9(12)6-7;/h2,4-6,10H,1,3,13H2;1H/t10-;/m0./s1. The first-order valence-corrected chi connectivity index (χ1v) is 4.34. The molecule has 1 aromatic carbocycles. The highest BCUT2D eigenvalue weighted by Gasteiger charge is 2.06. The van der Waals surface area contributed by atoms with E-state index in [9.17, 15) is 4.39 Å². The summed E-state index contributed by atoms with van der Waals surface area (Å²) in [5.41, 5.74) is 6.48. The molecule has 0 radical (unpaired) electrons. The Balaban J connectivity index is 0.00000169. The first-order valence-electron chi connectivity index (χ1n) is 3.96. The van der Waals surface area contributed by atoms with E-state index in [2.05, 4.69) is 6.58 Å². The monoisotopic (exact) mass is 235 g/mol. The Morgan fingerprint density at radius 3 is 2.71 bits per heavy atom. The van der Waals surface area contributed by atoms with Crippen LogP contribution >= 0.6 is 24.0 Å². The minimum Gasteiger partial charge on any atom is -0.324 e. The van der Waals surface area contributed by atoms with E-state index < -0.39 is 5.82 Å². The average molecular weight is 236 g/mol. The van der Waals surface area contributed by atoms with Gasteiger partial charge in [-0.15, -0.1) is 19.0 Å². The molecular weight excluding hydrogens is 224 g/mol. The first-order chi connectivity index (χ1) is 6.15. The molecule has 0 spiro atoms. The van der Waals surface area contributed by atoms with Gasteiger partial charge in [0, 0.05) is 6.04 Å². The average Bonchev–Trinajstić information content (AvgIpc) is 2.10. The maximum Gasteiger partial charge on any atom is 0.142 e. The second-order valence-electron chi connectivity index (χ2n) is 2.80.